The molecule has 2 aromatic rings. The first-order chi connectivity index (χ1) is 13.0. The monoisotopic (exact) mass is 389 g/mol. The summed E-state index contributed by atoms with van der Waals surface area (Å²) in [6.07, 6.45) is 7.84. The minimum Gasteiger partial charge on any atom is -0.478 e. The quantitative estimate of drug-likeness (QED) is 0.608. The smallest absolute Gasteiger partial charge is 0.327 e. The number of carbonyl (C=O) groups is 1. The SMILES string of the molecule is C[C@H](C/C=C/C(=O)O)c1c(F)cc(-c2cccnc2SC2CCC2)cc1F. The fourth-order valence-corrected chi connectivity index (χ4v) is 4.37. The van der Waals surface area contributed by atoms with Gasteiger partial charge < -0.3 is 5.11 Å². The number of carboxylic acids is 1. The van der Waals surface area contributed by atoms with Gasteiger partial charge in [0.2, 0.25) is 0 Å². The molecule has 0 aliphatic heterocycles. The van der Waals surface area contributed by atoms with E-state index in [9.17, 15) is 13.6 Å². The van der Waals surface area contributed by atoms with Crippen LogP contribution in [0, 0.1) is 11.6 Å². The predicted molar refractivity (Wildman–Crippen MR) is 103 cm³/mol. The van der Waals surface area contributed by atoms with Crippen LogP contribution in [0.15, 0.2) is 47.6 Å². The average Bonchev–Trinajstić information content (AvgIpc) is 2.57. The molecule has 6 heteroatoms. The van der Waals surface area contributed by atoms with Crippen LogP contribution in [0.1, 0.15) is 44.1 Å². The van der Waals surface area contributed by atoms with E-state index in [0.29, 0.717) is 10.8 Å². The minimum atomic E-state index is -1.08. The van der Waals surface area contributed by atoms with Gasteiger partial charge in [-0.05, 0) is 48.9 Å². The number of hydrogen-bond donors (Lipinski definition) is 1. The van der Waals surface area contributed by atoms with Crippen LogP contribution in [0.25, 0.3) is 11.1 Å². The van der Waals surface area contributed by atoms with Crippen molar-refractivity contribution < 1.29 is 18.7 Å². The Labute approximate surface area is 161 Å². The zero-order valence-corrected chi connectivity index (χ0v) is 15.8. The number of rotatable bonds is 7. The summed E-state index contributed by atoms with van der Waals surface area (Å²) >= 11 is 1.67. The Bertz CT molecular complexity index is 842. The van der Waals surface area contributed by atoms with Crippen LogP contribution in [0.3, 0.4) is 0 Å². The Balaban J connectivity index is 1.87. The molecule has 1 heterocycles. The fraction of sp³-hybridized carbons (Fsp3) is 0.333. The summed E-state index contributed by atoms with van der Waals surface area (Å²) in [6.45, 7) is 1.68. The maximum atomic E-state index is 14.7. The predicted octanol–water partition coefficient (Wildman–Crippen LogP) is 5.81. The summed E-state index contributed by atoms with van der Waals surface area (Å²) in [5.41, 5.74) is 1.18. The van der Waals surface area contributed by atoms with E-state index in [2.05, 4.69) is 4.98 Å². The summed E-state index contributed by atoms with van der Waals surface area (Å²) in [4.78, 5) is 14.9. The molecule has 1 aromatic heterocycles. The molecule has 0 amide bonds. The van der Waals surface area contributed by atoms with Crippen LogP contribution in [-0.2, 0) is 4.79 Å². The van der Waals surface area contributed by atoms with Crippen LogP contribution in [0.5, 0.6) is 0 Å². The molecule has 0 spiro atoms. The van der Waals surface area contributed by atoms with Gasteiger partial charge in [0.05, 0.1) is 0 Å². The number of benzene rings is 1. The van der Waals surface area contributed by atoms with E-state index in [4.69, 9.17) is 5.11 Å². The van der Waals surface area contributed by atoms with Crippen molar-refractivity contribution >= 4 is 17.7 Å². The number of thioether (sulfide) groups is 1. The zero-order chi connectivity index (χ0) is 19.4. The molecule has 1 N–H and O–H groups in total. The molecule has 0 radical (unpaired) electrons. The number of hydrogen-bond acceptors (Lipinski definition) is 3. The Morgan fingerprint density at radius 2 is 2.07 bits per heavy atom. The van der Waals surface area contributed by atoms with Crippen LogP contribution >= 0.6 is 11.8 Å². The molecule has 1 aliphatic carbocycles. The van der Waals surface area contributed by atoms with E-state index in [1.807, 2.05) is 6.07 Å². The second kappa shape index (κ2) is 8.65. The molecule has 1 fully saturated rings. The Kier molecular flexibility index (Phi) is 6.26. The second-order valence-electron chi connectivity index (χ2n) is 6.76. The number of carboxylic acid groups (broad SMARTS) is 1. The van der Waals surface area contributed by atoms with E-state index < -0.39 is 23.5 Å². The van der Waals surface area contributed by atoms with Crippen molar-refractivity contribution in [3.63, 3.8) is 0 Å². The molecule has 1 saturated carbocycles. The van der Waals surface area contributed by atoms with E-state index in [1.165, 1.54) is 24.6 Å². The zero-order valence-electron chi connectivity index (χ0n) is 15.0. The van der Waals surface area contributed by atoms with Gasteiger partial charge in [0, 0.05) is 28.6 Å². The van der Waals surface area contributed by atoms with E-state index in [1.54, 1.807) is 30.9 Å². The van der Waals surface area contributed by atoms with Gasteiger partial charge in [0.1, 0.15) is 16.7 Å². The van der Waals surface area contributed by atoms with Crippen molar-refractivity contribution in [2.24, 2.45) is 0 Å². The summed E-state index contributed by atoms with van der Waals surface area (Å²) in [6, 6.07) is 6.29. The lowest BCUT2D eigenvalue weighted by Crippen LogP contribution is -2.13. The first kappa shape index (κ1) is 19.5. The topological polar surface area (TPSA) is 50.2 Å². The van der Waals surface area contributed by atoms with Crippen molar-refractivity contribution in [1.82, 2.24) is 4.98 Å². The van der Waals surface area contributed by atoms with Gasteiger partial charge in [0.15, 0.2) is 0 Å². The summed E-state index contributed by atoms with van der Waals surface area (Å²) in [5, 5.41) is 9.96. The van der Waals surface area contributed by atoms with Crippen LogP contribution in [0.4, 0.5) is 8.78 Å². The first-order valence-electron chi connectivity index (χ1n) is 8.96. The fourth-order valence-electron chi connectivity index (χ4n) is 3.05. The van der Waals surface area contributed by atoms with Gasteiger partial charge in [-0.1, -0.05) is 25.5 Å². The van der Waals surface area contributed by atoms with E-state index in [-0.39, 0.29) is 12.0 Å². The minimum absolute atomic E-state index is 0.0223. The van der Waals surface area contributed by atoms with Gasteiger partial charge in [-0.2, -0.15) is 0 Å². The highest BCUT2D eigenvalue weighted by molar-refractivity contribution is 8.00. The summed E-state index contributed by atoms with van der Waals surface area (Å²) in [5.74, 6) is -2.78. The van der Waals surface area contributed by atoms with Gasteiger partial charge in [-0.3, -0.25) is 0 Å². The molecule has 0 saturated heterocycles. The number of aliphatic carboxylic acids is 1. The normalized spacial score (nSPS) is 15.7. The highest BCUT2D eigenvalue weighted by Gasteiger charge is 2.22. The summed E-state index contributed by atoms with van der Waals surface area (Å²) < 4.78 is 29.4. The molecular weight excluding hydrogens is 368 g/mol. The standard InChI is InChI=1S/C21H21F2NO2S/c1-13(5-2-9-19(25)26)20-17(22)11-14(12-18(20)23)16-8-4-10-24-21(16)27-15-6-3-7-15/h2,4,8-13,15H,3,5-7H2,1H3,(H,25,26)/b9-2+/t13-/m1/s1. The molecule has 3 rings (SSSR count). The van der Waals surface area contributed by atoms with Crippen molar-refractivity contribution in [1.29, 1.82) is 0 Å². The first-order valence-corrected chi connectivity index (χ1v) is 9.84. The second-order valence-corrected chi connectivity index (χ2v) is 8.05. The van der Waals surface area contributed by atoms with Crippen molar-refractivity contribution in [2.75, 3.05) is 0 Å². The largest absolute Gasteiger partial charge is 0.478 e. The van der Waals surface area contributed by atoms with Crippen LogP contribution in [-0.4, -0.2) is 21.3 Å². The molecule has 0 bridgehead atoms. The number of pyridine rings is 1. The molecule has 142 valence electrons. The van der Waals surface area contributed by atoms with Gasteiger partial charge in [0.25, 0.3) is 0 Å². The maximum Gasteiger partial charge on any atom is 0.327 e. The maximum absolute atomic E-state index is 14.7. The molecule has 3 nitrogen and oxygen atoms in total. The highest BCUT2D eigenvalue weighted by Crippen LogP contribution is 2.40. The van der Waals surface area contributed by atoms with Gasteiger partial charge in [-0.15, -0.1) is 11.8 Å². The third-order valence-electron chi connectivity index (χ3n) is 4.73. The van der Waals surface area contributed by atoms with E-state index in [0.717, 1.165) is 29.5 Å². The van der Waals surface area contributed by atoms with Gasteiger partial charge in [-0.25, -0.2) is 18.6 Å². The summed E-state index contributed by atoms with van der Waals surface area (Å²) in [7, 11) is 0. The highest BCUT2D eigenvalue weighted by atomic mass is 32.2. The number of halogens is 2. The third kappa shape index (κ3) is 4.75. The third-order valence-corrected chi connectivity index (χ3v) is 6.09. The van der Waals surface area contributed by atoms with Crippen molar-refractivity contribution in [3.8, 4) is 11.1 Å². The average molecular weight is 389 g/mol. The lowest BCUT2D eigenvalue weighted by Gasteiger charge is -2.25. The van der Waals surface area contributed by atoms with Crippen LogP contribution < -0.4 is 0 Å². The number of nitrogens with zero attached hydrogens (tertiary/aromatic N) is 1. The lowest BCUT2D eigenvalue weighted by atomic mass is 9.94. The Hall–Kier alpha value is -2.21. The molecule has 0 unspecified atom stereocenters. The molecule has 27 heavy (non-hydrogen) atoms. The Morgan fingerprint density at radius 3 is 2.67 bits per heavy atom. The molecule has 1 atom stereocenters. The lowest BCUT2D eigenvalue weighted by molar-refractivity contribution is -0.131. The molecule has 1 aliphatic rings. The number of aromatic nitrogens is 1. The molecule has 1 aromatic carbocycles. The Morgan fingerprint density at radius 1 is 1.37 bits per heavy atom. The van der Waals surface area contributed by atoms with Gasteiger partial charge >= 0.3 is 5.97 Å². The van der Waals surface area contributed by atoms with E-state index >= 15 is 0 Å². The number of allylic oxidation sites excluding steroid dienone is 1. The van der Waals surface area contributed by atoms with Crippen molar-refractivity contribution in [2.45, 2.75) is 48.8 Å². The molecular formula is C21H21F2NO2S. The van der Waals surface area contributed by atoms with Crippen LogP contribution in [0.2, 0.25) is 0 Å². The van der Waals surface area contributed by atoms with Crippen molar-refractivity contribution in [3.05, 3.63) is 59.8 Å².